The number of methoxy groups -OCH3 is 2. The van der Waals surface area contributed by atoms with Crippen LogP contribution in [0.1, 0.15) is 17.3 Å². The van der Waals surface area contributed by atoms with Gasteiger partial charge in [0.05, 0.1) is 13.7 Å². The first-order chi connectivity index (χ1) is 10.0. The van der Waals surface area contributed by atoms with Crippen molar-refractivity contribution < 1.29 is 23.8 Å². The number of nitrogens with one attached hydrogen (secondary N) is 1. The maximum absolute atomic E-state index is 11.8. The molecule has 0 radical (unpaired) electrons. The van der Waals surface area contributed by atoms with Crippen molar-refractivity contribution in [1.82, 2.24) is 5.32 Å². The summed E-state index contributed by atoms with van der Waals surface area (Å²) in [5, 5.41) is 2.64. The molecular formula is C14H20N2O5. The Morgan fingerprint density at radius 3 is 2.67 bits per heavy atom. The second-order valence-electron chi connectivity index (χ2n) is 4.26. The predicted molar refractivity (Wildman–Crippen MR) is 77.2 cm³/mol. The van der Waals surface area contributed by atoms with Gasteiger partial charge in [-0.2, -0.15) is 0 Å². The number of hydrogen-bond donors (Lipinski definition) is 2. The molecule has 1 atom stereocenters. The Hall–Kier alpha value is -2.28. The number of anilines is 1. The van der Waals surface area contributed by atoms with Crippen LogP contribution in [0.4, 0.5) is 5.69 Å². The first kappa shape index (κ1) is 16.8. The van der Waals surface area contributed by atoms with Crippen molar-refractivity contribution in [2.45, 2.75) is 13.0 Å². The van der Waals surface area contributed by atoms with Gasteiger partial charge in [0.2, 0.25) is 0 Å². The first-order valence-electron chi connectivity index (χ1n) is 6.41. The second-order valence-corrected chi connectivity index (χ2v) is 4.26. The molecule has 0 aromatic heterocycles. The number of esters is 1. The van der Waals surface area contributed by atoms with Crippen molar-refractivity contribution in [2.75, 3.05) is 33.1 Å². The largest absolute Gasteiger partial charge is 0.480 e. The highest BCUT2D eigenvalue weighted by atomic mass is 16.5. The van der Waals surface area contributed by atoms with Gasteiger partial charge < -0.3 is 25.3 Å². The lowest BCUT2D eigenvalue weighted by molar-refractivity contribution is -0.127. The average Bonchev–Trinajstić information content (AvgIpc) is 2.46. The molecule has 7 heteroatoms. The van der Waals surface area contributed by atoms with Crippen molar-refractivity contribution in [3.05, 3.63) is 23.8 Å². The van der Waals surface area contributed by atoms with Crippen LogP contribution in [0, 0.1) is 0 Å². The molecule has 1 rings (SSSR count). The molecule has 1 aromatic rings. The summed E-state index contributed by atoms with van der Waals surface area (Å²) in [7, 11) is 2.79. The summed E-state index contributed by atoms with van der Waals surface area (Å²) in [6.45, 7) is 2.36. The summed E-state index contributed by atoms with van der Waals surface area (Å²) >= 11 is 0. The van der Waals surface area contributed by atoms with E-state index >= 15 is 0 Å². The first-order valence-corrected chi connectivity index (χ1v) is 6.41. The van der Waals surface area contributed by atoms with Gasteiger partial charge in [0.15, 0.2) is 6.10 Å². The van der Waals surface area contributed by atoms with Crippen molar-refractivity contribution in [2.24, 2.45) is 0 Å². The predicted octanol–water partition coefficient (Wildman–Crippen LogP) is 0.585. The van der Waals surface area contributed by atoms with Gasteiger partial charge in [-0.15, -0.1) is 0 Å². The number of carbonyl (C=O) groups excluding carboxylic acids is 2. The molecule has 0 aliphatic heterocycles. The fraction of sp³-hybridized carbons (Fsp3) is 0.429. The zero-order chi connectivity index (χ0) is 15.8. The highest BCUT2D eigenvalue weighted by Crippen LogP contribution is 2.26. The van der Waals surface area contributed by atoms with Crippen LogP contribution < -0.4 is 15.8 Å². The highest BCUT2D eigenvalue weighted by Gasteiger charge is 2.21. The number of ether oxygens (including phenoxy) is 3. The van der Waals surface area contributed by atoms with E-state index in [-0.39, 0.29) is 22.9 Å². The summed E-state index contributed by atoms with van der Waals surface area (Å²) < 4.78 is 15.0. The molecule has 0 heterocycles. The molecule has 1 unspecified atom stereocenters. The van der Waals surface area contributed by atoms with Crippen LogP contribution in [0.2, 0.25) is 0 Å². The van der Waals surface area contributed by atoms with Gasteiger partial charge in [-0.25, -0.2) is 4.79 Å². The van der Waals surface area contributed by atoms with Gasteiger partial charge in [0, 0.05) is 19.3 Å². The van der Waals surface area contributed by atoms with Crippen LogP contribution in [0.5, 0.6) is 5.75 Å². The van der Waals surface area contributed by atoms with E-state index in [1.54, 1.807) is 32.2 Å². The molecule has 116 valence electrons. The quantitative estimate of drug-likeness (QED) is 0.434. The van der Waals surface area contributed by atoms with E-state index in [1.807, 2.05) is 0 Å². The van der Waals surface area contributed by atoms with Crippen LogP contribution in [0.15, 0.2) is 18.2 Å². The van der Waals surface area contributed by atoms with Crippen molar-refractivity contribution in [1.29, 1.82) is 0 Å². The molecule has 1 aromatic carbocycles. The number of benzene rings is 1. The summed E-state index contributed by atoms with van der Waals surface area (Å²) in [5.41, 5.74) is 6.09. The minimum atomic E-state index is -0.785. The average molecular weight is 296 g/mol. The number of rotatable bonds is 7. The Bertz CT molecular complexity index is 504. The van der Waals surface area contributed by atoms with Crippen LogP contribution in [-0.4, -0.2) is 45.4 Å². The van der Waals surface area contributed by atoms with Gasteiger partial charge >= 0.3 is 5.97 Å². The molecule has 0 spiro atoms. The number of nitrogens with two attached hydrogens (primary N) is 1. The van der Waals surface area contributed by atoms with E-state index in [1.165, 1.54) is 7.11 Å². The summed E-state index contributed by atoms with van der Waals surface area (Å²) in [6, 6.07) is 4.75. The van der Waals surface area contributed by atoms with Crippen LogP contribution in [-0.2, 0) is 14.3 Å². The molecule has 0 saturated carbocycles. The topological polar surface area (TPSA) is 99.9 Å². The lowest BCUT2D eigenvalue weighted by Gasteiger charge is -2.17. The van der Waals surface area contributed by atoms with E-state index in [0.29, 0.717) is 13.2 Å². The molecule has 7 nitrogen and oxygen atoms in total. The lowest BCUT2D eigenvalue weighted by atomic mass is 10.1. The summed E-state index contributed by atoms with van der Waals surface area (Å²) in [5.74, 6) is -0.725. The van der Waals surface area contributed by atoms with Crippen molar-refractivity contribution in [3.63, 3.8) is 0 Å². The molecule has 3 N–H and O–H groups in total. The van der Waals surface area contributed by atoms with Crippen LogP contribution in [0.25, 0.3) is 0 Å². The molecule has 0 saturated heterocycles. The van der Waals surface area contributed by atoms with Crippen molar-refractivity contribution in [3.8, 4) is 5.75 Å². The van der Waals surface area contributed by atoms with Crippen LogP contribution in [0.3, 0.4) is 0 Å². The maximum atomic E-state index is 11.8. The number of carbonyl (C=O) groups is 2. The van der Waals surface area contributed by atoms with E-state index in [0.717, 1.165) is 0 Å². The molecule has 0 aliphatic rings. The van der Waals surface area contributed by atoms with Gasteiger partial charge in [-0.05, 0) is 19.1 Å². The lowest BCUT2D eigenvalue weighted by Crippen LogP contribution is -2.38. The van der Waals surface area contributed by atoms with Gasteiger partial charge in [0.25, 0.3) is 5.91 Å². The monoisotopic (exact) mass is 296 g/mol. The fourth-order valence-electron chi connectivity index (χ4n) is 1.63. The van der Waals surface area contributed by atoms with Crippen LogP contribution >= 0.6 is 0 Å². The van der Waals surface area contributed by atoms with Gasteiger partial charge in [-0.3, -0.25) is 4.79 Å². The summed E-state index contributed by atoms with van der Waals surface area (Å²) in [6.07, 6.45) is -0.785. The standard InChI is InChI=1S/C14H20N2O5/c1-9(13(17)16-7-8-19-2)21-11-6-4-5-10(15)12(11)14(18)20-3/h4-6,9H,7-8,15H2,1-3H3,(H,16,17). The third-order valence-electron chi connectivity index (χ3n) is 2.73. The minimum absolute atomic E-state index is 0.108. The number of hydrogen-bond acceptors (Lipinski definition) is 6. The molecule has 21 heavy (non-hydrogen) atoms. The molecule has 0 bridgehead atoms. The molecule has 1 amide bonds. The Balaban J connectivity index is 2.80. The zero-order valence-corrected chi connectivity index (χ0v) is 12.3. The molecule has 0 fully saturated rings. The normalized spacial score (nSPS) is 11.6. The van der Waals surface area contributed by atoms with E-state index < -0.39 is 12.1 Å². The van der Waals surface area contributed by atoms with Gasteiger partial charge in [-0.1, -0.05) is 6.07 Å². The van der Waals surface area contributed by atoms with E-state index in [4.69, 9.17) is 15.2 Å². The Morgan fingerprint density at radius 2 is 2.05 bits per heavy atom. The maximum Gasteiger partial charge on any atom is 0.343 e. The second kappa shape index (κ2) is 8.11. The minimum Gasteiger partial charge on any atom is -0.480 e. The van der Waals surface area contributed by atoms with E-state index in [9.17, 15) is 9.59 Å². The zero-order valence-electron chi connectivity index (χ0n) is 12.3. The third kappa shape index (κ3) is 4.64. The Kier molecular flexibility index (Phi) is 6.48. The van der Waals surface area contributed by atoms with Crippen molar-refractivity contribution >= 4 is 17.6 Å². The fourth-order valence-corrected chi connectivity index (χ4v) is 1.63. The Morgan fingerprint density at radius 1 is 1.33 bits per heavy atom. The number of nitrogen functional groups attached to an aromatic ring is 1. The highest BCUT2D eigenvalue weighted by molar-refractivity contribution is 5.98. The smallest absolute Gasteiger partial charge is 0.343 e. The number of amides is 1. The third-order valence-corrected chi connectivity index (χ3v) is 2.73. The molecular weight excluding hydrogens is 276 g/mol. The van der Waals surface area contributed by atoms with Gasteiger partial charge in [0.1, 0.15) is 11.3 Å². The van der Waals surface area contributed by atoms with E-state index in [2.05, 4.69) is 10.1 Å². The molecule has 0 aliphatic carbocycles. The SMILES string of the molecule is COCCNC(=O)C(C)Oc1cccc(N)c1C(=O)OC. The summed E-state index contributed by atoms with van der Waals surface area (Å²) in [4.78, 5) is 23.5. The Labute approximate surface area is 123 Å².